The molecule has 0 saturated carbocycles. The third-order valence-corrected chi connectivity index (χ3v) is 8.44. The van der Waals surface area contributed by atoms with Gasteiger partial charge in [-0.15, -0.1) is 0 Å². The van der Waals surface area contributed by atoms with Crippen LogP contribution >= 0.6 is 11.6 Å². The number of hydrogen-bond acceptors (Lipinski definition) is 6. The van der Waals surface area contributed by atoms with Crippen molar-refractivity contribution in [2.75, 3.05) is 55.6 Å². The number of ether oxygens (including phenoxy) is 2. The number of hydrogen-bond donors (Lipinski definition) is 0. The fourth-order valence-electron chi connectivity index (χ4n) is 4.40. The number of benzene rings is 3. The zero-order valence-electron chi connectivity index (χ0n) is 21.8. The Morgan fingerprint density at radius 2 is 1.71 bits per heavy atom. The van der Waals surface area contributed by atoms with Gasteiger partial charge in [0.25, 0.3) is 10.0 Å². The predicted octanol–water partition coefficient (Wildman–Crippen LogP) is 4.60. The second-order valence-electron chi connectivity index (χ2n) is 8.94. The van der Waals surface area contributed by atoms with Crippen LogP contribution in [0.4, 0.5) is 11.4 Å². The normalized spacial score (nSPS) is 13.8. The molecular weight excluding hydrogens is 526 g/mol. The maximum absolute atomic E-state index is 14.0. The lowest BCUT2D eigenvalue weighted by atomic mass is 10.2. The predicted molar refractivity (Wildman–Crippen MR) is 150 cm³/mol. The van der Waals surface area contributed by atoms with Crippen molar-refractivity contribution in [1.82, 2.24) is 4.90 Å². The molecule has 0 aliphatic carbocycles. The molecule has 202 valence electrons. The number of rotatable bonds is 9. The number of nitrogens with zero attached hydrogens (tertiary/aromatic N) is 3. The van der Waals surface area contributed by atoms with Crippen LogP contribution in [-0.4, -0.2) is 65.7 Å². The molecule has 0 atom stereocenters. The van der Waals surface area contributed by atoms with Gasteiger partial charge >= 0.3 is 0 Å². The summed E-state index contributed by atoms with van der Waals surface area (Å²) < 4.78 is 40.0. The maximum Gasteiger partial charge on any atom is 0.268 e. The highest BCUT2D eigenvalue weighted by molar-refractivity contribution is 7.93. The summed E-state index contributed by atoms with van der Waals surface area (Å²) in [6, 6.07) is 19.3. The molecule has 0 bridgehead atoms. The highest BCUT2D eigenvalue weighted by Gasteiger charge is 2.32. The lowest BCUT2D eigenvalue weighted by Crippen LogP contribution is -2.52. The monoisotopic (exact) mass is 557 g/mol. The maximum atomic E-state index is 14.0. The van der Waals surface area contributed by atoms with Crippen LogP contribution in [0.3, 0.4) is 0 Å². The minimum absolute atomic E-state index is 0.00691. The number of sulfonamides is 1. The molecule has 3 aromatic rings. The summed E-state index contributed by atoms with van der Waals surface area (Å²) >= 11 is 6.14. The molecule has 1 saturated heterocycles. The van der Waals surface area contributed by atoms with Gasteiger partial charge in [-0.1, -0.05) is 23.7 Å². The van der Waals surface area contributed by atoms with Gasteiger partial charge in [0.15, 0.2) is 0 Å². The van der Waals surface area contributed by atoms with E-state index in [1.807, 2.05) is 38.1 Å². The summed E-state index contributed by atoms with van der Waals surface area (Å²) in [4.78, 5) is 17.3. The molecule has 3 aromatic carbocycles. The molecule has 0 aromatic heterocycles. The van der Waals surface area contributed by atoms with E-state index in [0.29, 0.717) is 49.2 Å². The first-order valence-electron chi connectivity index (χ1n) is 12.4. The molecule has 1 aliphatic rings. The number of aryl methyl sites for hydroxylation is 1. The van der Waals surface area contributed by atoms with Crippen LogP contribution < -0.4 is 18.7 Å². The molecule has 10 heteroatoms. The largest absolute Gasteiger partial charge is 0.495 e. The molecule has 0 N–H and O–H groups in total. The van der Waals surface area contributed by atoms with E-state index in [0.717, 1.165) is 15.6 Å². The zero-order valence-corrected chi connectivity index (χ0v) is 23.3. The van der Waals surface area contributed by atoms with E-state index in [4.69, 9.17) is 21.1 Å². The van der Waals surface area contributed by atoms with Crippen molar-refractivity contribution >= 4 is 38.9 Å². The average molecular weight is 558 g/mol. The van der Waals surface area contributed by atoms with Gasteiger partial charge in [0, 0.05) is 36.9 Å². The smallest absolute Gasteiger partial charge is 0.268 e. The van der Waals surface area contributed by atoms with Gasteiger partial charge in [-0.05, 0) is 74.0 Å². The van der Waals surface area contributed by atoms with Crippen LogP contribution in [0.15, 0.2) is 71.6 Å². The molecule has 1 aliphatic heterocycles. The number of piperazine rings is 1. The molecule has 4 rings (SSSR count). The van der Waals surface area contributed by atoms with Crippen molar-refractivity contribution < 1.29 is 22.7 Å². The Morgan fingerprint density at radius 1 is 1.00 bits per heavy atom. The third kappa shape index (κ3) is 6.16. The first-order chi connectivity index (χ1) is 18.2. The third-order valence-electron chi connectivity index (χ3n) is 6.41. The van der Waals surface area contributed by atoms with Crippen LogP contribution in [0.25, 0.3) is 0 Å². The van der Waals surface area contributed by atoms with Crippen LogP contribution in [0.5, 0.6) is 11.5 Å². The SMILES string of the molecule is CCOc1ccc(N(CC(=O)N2CCN(c3cccc(Cl)c3)CC2)S(=O)(=O)c2cc(C)ccc2OC)cc1. The number of amides is 1. The summed E-state index contributed by atoms with van der Waals surface area (Å²) in [6.07, 6.45) is 0. The van der Waals surface area contributed by atoms with Crippen LogP contribution in [0, 0.1) is 6.92 Å². The van der Waals surface area contributed by atoms with E-state index < -0.39 is 10.0 Å². The Hall–Kier alpha value is -3.43. The molecule has 0 radical (unpaired) electrons. The van der Waals surface area contributed by atoms with Gasteiger partial charge in [-0.2, -0.15) is 0 Å². The second-order valence-corrected chi connectivity index (χ2v) is 11.2. The number of anilines is 2. The van der Waals surface area contributed by atoms with Crippen molar-refractivity contribution in [2.24, 2.45) is 0 Å². The molecule has 1 heterocycles. The Bertz CT molecular complexity index is 1370. The van der Waals surface area contributed by atoms with E-state index >= 15 is 0 Å². The fraction of sp³-hybridized carbons (Fsp3) is 0.321. The van der Waals surface area contributed by atoms with Crippen molar-refractivity contribution in [3.05, 3.63) is 77.3 Å². The van der Waals surface area contributed by atoms with E-state index in [9.17, 15) is 13.2 Å². The van der Waals surface area contributed by atoms with Crippen molar-refractivity contribution in [1.29, 1.82) is 0 Å². The topological polar surface area (TPSA) is 79.4 Å². The molecule has 8 nitrogen and oxygen atoms in total. The van der Waals surface area contributed by atoms with E-state index in [1.54, 1.807) is 47.4 Å². The highest BCUT2D eigenvalue weighted by Crippen LogP contribution is 2.32. The van der Waals surface area contributed by atoms with Gasteiger partial charge in [-0.3, -0.25) is 9.10 Å². The number of methoxy groups -OCH3 is 1. The first-order valence-corrected chi connectivity index (χ1v) is 14.2. The number of carbonyl (C=O) groups is 1. The Labute approximate surface area is 229 Å². The van der Waals surface area contributed by atoms with Gasteiger partial charge in [0.2, 0.25) is 5.91 Å². The molecule has 0 unspecified atom stereocenters. The summed E-state index contributed by atoms with van der Waals surface area (Å²) in [7, 11) is -2.72. The Morgan fingerprint density at radius 3 is 2.34 bits per heavy atom. The Kier molecular flexibility index (Phi) is 8.69. The van der Waals surface area contributed by atoms with Gasteiger partial charge < -0.3 is 19.3 Å². The van der Waals surface area contributed by atoms with E-state index in [2.05, 4.69) is 4.90 Å². The summed E-state index contributed by atoms with van der Waals surface area (Å²) in [5.74, 6) is 0.555. The summed E-state index contributed by atoms with van der Waals surface area (Å²) in [5.41, 5.74) is 2.12. The first kappa shape index (κ1) is 27.6. The van der Waals surface area contributed by atoms with Crippen LogP contribution in [-0.2, 0) is 14.8 Å². The second kappa shape index (κ2) is 12.0. The minimum Gasteiger partial charge on any atom is -0.495 e. The van der Waals surface area contributed by atoms with Crippen LogP contribution in [0.2, 0.25) is 5.02 Å². The number of halogens is 1. The average Bonchev–Trinajstić information content (AvgIpc) is 2.92. The fourth-order valence-corrected chi connectivity index (χ4v) is 6.25. The number of carbonyl (C=O) groups excluding carboxylic acids is 1. The van der Waals surface area contributed by atoms with Crippen LogP contribution in [0.1, 0.15) is 12.5 Å². The lowest BCUT2D eigenvalue weighted by molar-refractivity contribution is -0.129. The minimum atomic E-state index is -4.14. The highest BCUT2D eigenvalue weighted by atomic mass is 35.5. The van der Waals surface area contributed by atoms with Gasteiger partial charge in [0.05, 0.1) is 19.4 Å². The standard InChI is InChI=1S/C28H32ClN3O5S/c1-4-37-25-11-9-23(10-12-25)32(38(34,35)27-18-21(2)8-13-26(27)36-3)20-28(33)31-16-14-30(15-17-31)24-7-5-6-22(29)19-24/h5-13,18-19H,4,14-17,20H2,1-3H3. The lowest BCUT2D eigenvalue weighted by Gasteiger charge is -2.37. The zero-order chi connectivity index (χ0) is 27.3. The summed E-state index contributed by atoms with van der Waals surface area (Å²) in [5, 5.41) is 0.656. The molecule has 1 fully saturated rings. The van der Waals surface area contributed by atoms with Crippen molar-refractivity contribution in [3.63, 3.8) is 0 Å². The Balaban J connectivity index is 1.59. The molecule has 0 spiro atoms. The van der Waals surface area contributed by atoms with Crippen molar-refractivity contribution in [2.45, 2.75) is 18.7 Å². The van der Waals surface area contributed by atoms with E-state index in [1.165, 1.54) is 7.11 Å². The van der Waals surface area contributed by atoms with Gasteiger partial charge in [0.1, 0.15) is 22.9 Å². The van der Waals surface area contributed by atoms with Gasteiger partial charge in [-0.25, -0.2) is 8.42 Å². The van der Waals surface area contributed by atoms with E-state index in [-0.39, 0.29) is 23.1 Å². The molecular formula is C28H32ClN3O5S. The molecule has 1 amide bonds. The summed E-state index contributed by atoms with van der Waals surface area (Å²) in [6.45, 7) is 6.00. The molecule has 38 heavy (non-hydrogen) atoms. The quantitative estimate of drug-likeness (QED) is 0.382. The van der Waals surface area contributed by atoms with Crippen molar-refractivity contribution in [3.8, 4) is 11.5 Å².